The summed E-state index contributed by atoms with van der Waals surface area (Å²) in [4.78, 5) is 23.3. The highest BCUT2D eigenvalue weighted by atomic mass is 16.2. The summed E-state index contributed by atoms with van der Waals surface area (Å²) >= 11 is 0. The Labute approximate surface area is 112 Å². The predicted octanol–water partition coefficient (Wildman–Crippen LogP) is -0.775. The van der Waals surface area contributed by atoms with Crippen LogP contribution in [0.15, 0.2) is 0 Å². The Kier molecular flexibility index (Phi) is 2.79. The molecule has 0 radical (unpaired) electrons. The molecule has 3 aliphatic rings. The third kappa shape index (κ3) is 1.74. The smallest absolute Gasteiger partial charge is 0.235 e. The quantitative estimate of drug-likeness (QED) is 0.581. The number of terminal acetylenes is 1. The lowest BCUT2D eigenvalue weighted by Gasteiger charge is -2.27. The summed E-state index contributed by atoms with van der Waals surface area (Å²) in [5.74, 6) is 2.99. The molecule has 4 N–H and O–H groups in total. The van der Waals surface area contributed by atoms with E-state index in [1.807, 2.05) is 0 Å². The van der Waals surface area contributed by atoms with Crippen LogP contribution >= 0.6 is 0 Å². The van der Waals surface area contributed by atoms with Gasteiger partial charge in [-0.1, -0.05) is 0 Å². The maximum absolute atomic E-state index is 11.7. The largest absolute Gasteiger partial charge is 0.368 e. The first-order valence-corrected chi connectivity index (χ1v) is 6.86. The van der Waals surface area contributed by atoms with Gasteiger partial charge in [0.1, 0.15) is 0 Å². The zero-order chi connectivity index (χ0) is 13.6. The van der Waals surface area contributed by atoms with E-state index in [0.717, 1.165) is 25.9 Å². The minimum atomic E-state index is -0.331. The fourth-order valence-corrected chi connectivity index (χ4v) is 4.02. The van der Waals surface area contributed by atoms with E-state index in [1.54, 1.807) is 0 Å². The highest BCUT2D eigenvalue weighted by molar-refractivity contribution is 5.83. The van der Waals surface area contributed by atoms with Crippen LogP contribution in [0.2, 0.25) is 0 Å². The molecule has 102 valence electrons. The van der Waals surface area contributed by atoms with Gasteiger partial charge in [0.2, 0.25) is 11.8 Å². The zero-order valence-corrected chi connectivity index (χ0v) is 10.8. The van der Waals surface area contributed by atoms with Gasteiger partial charge in [-0.2, -0.15) is 0 Å². The molecule has 0 aromatic heterocycles. The lowest BCUT2D eigenvalue weighted by atomic mass is 9.77. The molecular formula is C14H19N3O2. The molecule has 3 unspecified atom stereocenters. The Hall–Kier alpha value is -1.54. The highest BCUT2D eigenvalue weighted by Gasteiger charge is 2.68. The molecule has 5 heteroatoms. The topological polar surface area (TPSA) is 84.2 Å². The van der Waals surface area contributed by atoms with Crippen LogP contribution in [0.1, 0.15) is 19.3 Å². The van der Waals surface area contributed by atoms with Gasteiger partial charge in [0.05, 0.1) is 6.04 Å². The number of carbonyl (C=O) groups excluding carboxylic acids is 2. The lowest BCUT2D eigenvalue weighted by molar-refractivity contribution is -0.123. The maximum atomic E-state index is 11.7. The van der Waals surface area contributed by atoms with Crippen molar-refractivity contribution in [2.45, 2.75) is 25.3 Å². The minimum absolute atomic E-state index is 0.00852. The van der Waals surface area contributed by atoms with E-state index in [-0.39, 0.29) is 35.1 Å². The van der Waals surface area contributed by atoms with Crippen LogP contribution in [0.3, 0.4) is 0 Å². The molecule has 3 fully saturated rings. The maximum Gasteiger partial charge on any atom is 0.235 e. The Balaban J connectivity index is 1.78. The number of hydrogen-bond acceptors (Lipinski definition) is 3. The normalized spacial score (nSPS) is 41.2. The van der Waals surface area contributed by atoms with Crippen molar-refractivity contribution in [2.24, 2.45) is 28.9 Å². The summed E-state index contributed by atoms with van der Waals surface area (Å²) in [6, 6.07) is -0.331. The minimum Gasteiger partial charge on any atom is -0.368 e. The number of primary amides is 1. The van der Waals surface area contributed by atoms with Gasteiger partial charge in [-0.3, -0.25) is 9.59 Å². The van der Waals surface area contributed by atoms with Crippen LogP contribution in [0.4, 0.5) is 0 Å². The molecule has 5 nitrogen and oxygen atoms in total. The average molecular weight is 261 g/mol. The summed E-state index contributed by atoms with van der Waals surface area (Å²) in [6.45, 7) is 1.54. The molecule has 2 saturated heterocycles. The molecule has 2 aliphatic heterocycles. The first kappa shape index (κ1) is 12.5. The molecule has 1 aliphatic carbocycles. The van der Waals surface area contributed by atoms with Crippen LogP contribution in [-0.2, 0) is 9.59 Å². The second kappa shape index (κ2) is 4.24. The molecule has 2 heterocycles. The molecule has 0 spiro atoms. The van der Waals surface area contributed by atoms with E-state index < -0.39 is 0 Å². The first-order chi connectivity index (χ1) is 9.09. The summed E-state index contributed by atoms with van der Waals surface area (Å²) in [6.07, 6.45) is 8.15. The first-order valence-electron chi connectivity index (χ1n) is 6.86. The zero-order valence-electron chi connectivity index (χ0n) is 10.8. The Bertz CT molecular complexity index is 470. The molecule has 0 bridgehead atoms. The second-order valence-electron chi connectivity index (χ2n) is 5.99. The van der Waals surface area contributed by atoms with E-state index in [4.69, 9.17) is 12.2 Å². The summed E-state index contributed by atoms with van der Waals surface area (Å²) in [5.41, 5.74) is 5.29. The number of nitrogens with two attached hydrogens (primary N) is 1. The lowest BCUT2D eigenvalue weighted by Crippen LogP contribution is -2.46. The van der Waals surface area contributed by atoms with Crippen molar-refractivity contribution >= 4 is 11.8 Å². The van der Waals surface area contributed by atoms with Crippen molar-refractivity contribution in [1.29, 1.82) is 0 Å². The van der Waals surface area contributed by atoms with E-state index in [1.165, 1.54) is 0 Å². The number of carbonyl (C=O) groups is 2. The molecule has 19 heavy (non-hydrogen) atoms. The average Bonchev–Trinajstić information content (AvgIpc) is 2.76. The highest BCUT2D eigenvalue weighted by Crippen LogP contribution is 2.64. The van der Waals surface area contributed by atoms with Gasteiger partial charge in [0.25, 0.3) is 0 Å². The van der Waals surface area contributed by atoms with Crippen LogP contribution in [0, 0.1) is 35.5 Å². The van der Waals surface area contributed by atoms with Gasteiger partial charge >= 0.3 is 0 Å². The molecular weight excluding hydrogens is 242 g/mol. The summed E-state index contributed by atoms with van der Waals surface area (Å²) < 4.78 is 0. The van der Waals surface area contributed by atoms with Crippen molar-refractivity contribution in [3.63, 3.8) is 0 Å². The van der Waals surface area contributed by atoms with Gasteiger partial charge < -0.3 is 16.4 Å². The monoisotopic (exact) mass is 261 g/mol. The molecule has 5 atom stereocenters. The van der Waals surface area contributed by atoms with Crippen molar-refractivity contribution in [3.8, 4) is 12.3 Å². The van der Waals surface area contributed by atoms with Crippen molar-refractivity contribution < 1.29 is 9.59 Å². The Morgan fingerprint density at radius 2 is 2.42 bits per heavy atom. The summed E-state index contributed by atoms with van der Waals surface area (Å²) in [7, 11) is 0. The Morgan fingerprint density at radius 1 is 1.63 bits per heavy atom. The molecule has 3 rings (SSSR count). The van der Waals surface area contributed by atoms with E-state index in [9.17, 15) is 9.59 Å². The van der Waals surface area contributed by atoms with Crippen molar-refractivity contribution in [2.75, 3.05) is 13.1 Å². The third-order valence-corrected chi connectivity index (χ3v) is 5.12. The van der Waals surface area contributed by atoms with E-state index in [0.29, 0.717) is 12.3 Å². The fraction of sp³-hybridized carbons (Fsp3) is 0.714. The van der Waals surface area contributed by atoms with Gasteiger partial charge in [-0.25, -0.2) is 0 Å². The van der Waals surface area contributed by atoms with Gasteiger partial charge in [0, 0.05) is 23.8 Å². The second-order valence-corrected chi connectivity index (χ2v) is 5.99. The van der Waals surface area contributed by atoms with E-state index in [2.05, 4.69) is 16.6 Å². The number of piperidine rings is 1. The molecule has 0 aromatic carbocycles. The van der Waals surface area contributed by atoms with Crippen LogP contribution < -0.4 is 16.4 Å². The fourth-order valence-electron chi connectivity index (χ4n) is 4.02. The van der Waals surface area contributed by atoms with Crippen LogP contribution in [-0.4, -0.2) is 30.9 Å². The van der Waals surface area contributed by atoms with Crippen molar-refractivity contribution in [1.82, 2.24) is 10.6 Å². The molecule has 2 amide bonds. The predicted molar refractivity (Wildman–Crippen MR) is 69.6 cm³/mol. The van der Waals surface area contributed by atoms with Crippen molar-refractivity contribution in [3.05, 3.63) is 0 Å². The van der Waals surface area contributed by atoms with E-state index >= 15 is 0 Å². The third-order valence-electron chi connectivity index (χ3n) is 5.12. The number of hydrogen-bond donors (Lipinski definition) is 3. The summed E-state index contributed by atoms with van der Waals surface area (Å²) in [5, 5.41) is 6.01. The number of nitrogens with one attached hydrogen (secondary N) is 2. The number of fused-ring (bicyclic) bond motifs is 1. The SMILES string of the molecule is C#C[C@H](C[C@H]1CCNC1=O)C12CC1CNC2C(N)=O. The van der Waals surface area contributed by atoms with Crippen LogP contribution in [0.5, 0.6) is 0 Å². The number of rotatable bonds is 4. The molecule has 0 aromatic rings. The van der Waals surface area contributed by atoms with Gasteiger partial charge in [-0.05, 0) is 31.7 Å². The Morgan fingerprint density at radius 3 is 2.95 bits per heavy atom. The molecule has 1 saturated carbocycles. The number of amides is 2. The van der Waals surface area contributed by atoms with Crippen LogP contribution in [0.25, 0.3) is 0 Å². The van der Waals surface area contributed by atoms with Gasteiger partial charge in [-0.15, -0.1) is 12.3 Å². The van der Waals surface area contributed by atoms with Gasteiger partial charge in [0.15, 0.2) is 0 Å². The standard InChI is InChI=1S/C14H19N3O2/c1-2-9(5-8-3-4-16-13(8)19)14-6-10(14)7-17-11(14)12(15)18/h1,8-11,17H,3-7H2,(H2,15,18)(H,16,19)/t8-,9-,10?,11?,14?/m1/s1.